The van der Waals surface area contributed by atoms with Crippen LogP contribution in [0.3, 0.4) is 0 Å². The lowest BCUT2D eigenvalue weighted by Crippen LogP contribution is -2.45. The number of hydrogen-bond donors (Lipinski definition) is 3. The van der Waals surface area contributed by atoms with Crippen LogP contribution in [0.4, 0.5) is 0 Å². The lowest BCUT2D eigenvalue weighted by molar-refractivity contribution is -0.139. The van der Waals surface area contributed by atoms with Crippen LogP contribution in [0.2, 0.25) is 0 Å². The summed E-state index contributed by atoms with van der Waals surface area (Å²) < 4.78 is 17.9. The molecule has 4 rings (SSSR count). The van der Waals surface area contributed by atoms with Crippen molar-refractivity contribution in [3.8, 4) is 17.6 Å². The topological polar surface area (TPSA) is 134 Å². The standard InChI is InChI=1S/C31H28BrN5O5S/c1-3-40-30(39)28-19(2)35-31(43)36-29(28)24-6-4-5-7-26(24)42-18-27(38)37-34-16-22-14-23(32)12-13-25(22)41-17-21-10-8-20(15-33)9-11-21/h4-14,16,29H,3,17-18H2,1-2H3,(H,37,38)(H2,35,36,43)/t29-/m1/s1. The van der Waals surface area contributed by atoms with Gasteiger partial charge in [0.15, 0.2) is 11.7 Å². The van der Waals surface area contributed by atoms with E-state index in [4.69, 9.17) is 31.7 Å². The molecule has 220 valence electrons. The van der Waals surface area contributed by atoms with Gasteiger partial charge in [-0.25, -0.2) is 10.2 Å². The first-order valence-electron chi connectivity index (χ1n) is 13.2. The monoisotopic (exact) mass is 661 g/mol. The molecule has 43 heavy (non-hydrogen) atoms. The Morgan fingerprint density at radius 3 is 2.63 bits per heavy atom. The normalized spacial score (nSPS) is 14.4. The van der Waals surface area contributed by atoms with Crippen LogP contribution in [-0.4, -0.2) is 36.4 Å². The summed E-state index contributed by atoms with van der Waals surface area (Å²) in [6.07, 6.45) is 1.48. The van der Waals surface area contributed by atoms with Crippen LogP contribution in [0.25, 0.3) is 0 Å². The molecule has 0 radical (unpaired) electrons. The molecular formula is C31H28BrN5O5S. The molecule has 0 bridgehead atoms. The third-order valence-corrected chi connectivity index (χ3v) is 6.91. The number of esters is 1. The van der Waals surface area contributed by atoms with Crippen molar-refractivity contribution in [3.05, 3.63) is 105 Å². The van der Waals surface area contributed by atoms with E-state index in [0.717, 1.165) is 10.0 Å². The van der Waals surface area contributed by atoms with Crippen molar-refractivity contribution >= 4 is 51.4 Å². The molecule has 0 aliphatic carbocycles. The Hall–Kier alpha value is -4.73. The number of ether oxygens (including phenoxy) is 3. The molecule has 1 heterocycles. The van der Waals surface area contributed by atoms with E-state index >= 15 is 0 Å². The van der Waals surface area contributed by atoms with Gasteiger partial charge in [0.1, 0.15) is 18.1 Å². The Balaban J connectivity index is 1.40. The highest BCUT2D eigenvalue weighted by molar-refractivity contribution is 9.10. The Kier molecular flexibility index (Phi) is 10.9. The number of carbonyl (C=O) groups excluding carboxylic acids is 2. The number of hydrazone groups is 1. The third kappa shape index (κ3) is 8.41. The quantitative estimate of drug-likeness (QED) is 0.115. The highest BCUT2D eigenvalue weighted by Crippen LogP contribution is 2.33. The zero-order valence-electron chi connectivity index (χ0n) is 23.3. The van der Waals surface area contributed by atoms with Crippen LogP contribution in [0.5, 0.6) is 11.5 Å². The van der Waals surface area contributed by atoms with E-state index in [-0.39, 0.29) is 19.8 Å². The highest BCUT2D eigenvalue weighted by Gasteiger charge is 2.32. The minimum atomic E-state index is -0.635. The van der Waals surface area contributed by atoms with E-state index in [9.17, 15) is 9.59 Å². The van der Waals surface area contributed by atoms with Crippen molar-refractivity contribution in [2.45, 2.75) is 26.5 Å². The van der Waals surface area contributed by atoms with Crippen LogP contribution < -0.4 is 25.5 Å². The van der Waals surface area contributed by atoms with Crippen LogP contribution in [0, 0.1) is 11.3 Å². The van der Waals surface area contributed by atoms with Gasteiger partial charge in [-0.3, -0.25) is 4.79 Å². The number of carbonyl (C=O) groups is 2. The summed E-state index contributed by atoms with van der Waals surface area (Å²) in [4.78, 5) is 25.4. The second-order valence-electron chi connectivity index (χ2n) is 9.19. The summed E-state index contributed by atoms with van der Waals surface area (Å²) in [5, 5.41) is 19.5. The van der Waals surface area contributed by atoms with E-state index in [1.165, 1.54) is 6.21 Å². The summed E-state index contributed by atoms with van der Waals surface area (Å²) in [5.74, 6) is -0.0257. The molecule has 3 aromatic carbocycles. The zero-order chi connectivity index (χ0) is 30.8. The van der Waals surface area contributed by atoms with Gasteiger partial charge in [0, 0.05) is 21.3 Å². The van der Waals surface area contributed by atoms with Gasteiger partial charge in [0.2, 0.25) is 0 Å². The number of rotatable bonds is 11. The number of halogens is 1. The summed E-state index contributed by atoms with van der Waals surface area (Å²) in [6.45, 7) is 3.66. The molecule has 1 aliphatic rings. The van der Waals surface area contributed by atoms with Crippen molar-refractivity contribution in [1.82, 2.24) is 16.1 Å². The predicted octanol–water partition coefficient (Wildman–Crippen LogP) is 4.78. The second-order valence-corrected chi connectivity index (χ2v) is 10.5. The fourth-order valence-electron chi connectivity index (χ4n) is 4.19. The molecule has 3 N–H and O–H groups in total. The van der Waals surface area contributed by atoms with Crippen LogP contribution in [-0.2, 0) is 20.9 Å². The van der Waals surface area contributed by atoms with Gasteiger partial charge >= 0.3 is 5.97 Å². The molecule has 0 unspecified atom stereocenters. The van der Waals surface area contributed by atoms with E-state index in [1.807, 2.05) is 24.3 Å². The average Bonchev–Trinajstić information content (AvgIpc) is 2.99. The lowest BCUT2D eigenvalue weighted by atomic mass is 9.95. The minimum absolute atomic E-state index is 0.219. The molecule has 1 aliphatic heterocycles. The van der Waals surface area contributed by atoms with E-state index in [1.54, 1.807) is 56.3 Å². The van der Waals surface area contributed by atoms with Crippen molar-refractivity contribution in [2.75, 3.05) is 13.2 Å². The molecule has 10 nitrogen and oxygen atoms in total. The van der Waals surface area contributed by atoms with Gasteiger partial charge in [0.05, 0.1) is 36.1 Å². The fraction of sp³-hybridized carbons (Fsp3) is 0.194. The number of amides is 1. The Labute approximate surface area is 262 Å². The first-order valence-corrected chi connectivity index (χ1v) is 14.4. The maximum absolute atomic E-state index is 12.7. The molecule has 3 aromatic rings. The number of nitriles is 1. The number of nitrogens with one attached hydrogen (secondary N) is 3. The molecule has 0 saturated heterocycles. The average molecular weight is 663 g/mol. The maximum Gasteiger partial charge on any atom is 0.338 e. The number of thiocarbonyl (C=S) groups is 1. The van der Waals surface area contributed by atoms with Crippen LogP contribution in [0.15, 0.2) is 87.6 Å². The van der Waals surface area contributed by atoms with Gasteiger partial charge < -0.3 is 24.8 Å². The SMILES string of the molecule is CCOC(=O)C1=C(C)NC(=S)N[C@@H]1c1ccccc1OCC(=O)NN=Cc1cc(Br)ccc1OCc1ccc(C#N)cc1. The summed E-state index contributed by atoms with van der Waals surface area (Å²) in [7, 11) is 0. The Morgan fingerprint density at radius 1 is 1.12 bits per heavy atom. The predicted molar refractivity (Wildman–Crippen MR) is 168 cm³/mol. The summed E-state index contributed by atoms with van der Waals surface area (Å²) in [6, 6.07) is 21.1. The van der Waals surface area contributed by atoms with Crippen molar-refractivity contribution in [3.63, 3.8) is 0 Å². The van der Waals surface area contributed by atoms with Gasteiger partial charge in [-0.1, -0.05) is 46.3 Å². The summed E-state index contributed by atoms with van der Waals surface area (Å²) >= 11 is 8.76. The molecule has 0 fully saturated rings. The van der Waals surface area contributed by atoms with Crippen molar-refractivity contribution < 1.29 is 23.8 Å². The fourth-order valence-corrected chi connectivity index (χ4v) is 4.84. The van der Waals surface area contributed by atoms with Crippen molar-refractivity contribution in [2.24, 2.45) is 5.10 Å². The molecule has 0 saturated carbocycles. The van der Waals surface area contributed by atoms with Gasteiger partial charge in [-0.2, -0.15) is 10.4 Å². The van der Waals surface area contributed by atoms with Gasteiger partial charge in [-0.15, -0.1) is 0 Å². The molecular weight excluding hydrogens is 634 g/mol. The van der Waals surface area contributed by atoms with Gasteiger partial charge in [-0.05, 0) is 68.0 Å². The van der Waals surface area contributed by atoms with Crippen molar-refractivity contribution in [1.29, 1.82) is 5.26 Å². The Morgan fingerprint density at radius 2 is 1.88 bits per heavy atom. The molecule has 12 heteroatoms. The zero-order valence-corrected chi connectivity index (χ0v) is 25.8. The molecule has 0 spiro atoms. The number of para-hydroxylation sites is 1. The van der Waals surface area contributed by atoms with E-state index in [2.05, 4.69) is 43.2 Å². The Bertz CT molecular complexity index is 1620. The number of nitrogens with zero attached hydrogens (tertiary/aromatic N) is 2. The van der Waals surface area contributed by atoms with E-state index in [0.29, 0.717) is 44.6 Å². The molecule has 0 aromatic heterocycles. The van der Waals surface area contributed by atoms with E-state index < -0.39 is 17.9 Å². The van der Waals surface area contributed by atoms with Gasteiger partial charge in [0.25, 0.3) is 5.91 Å². The smallest absolute Gasteiger partial charge is 0.338 e. The first-order chi connectivity index (χ1) is 20.8. The lowest BCUT2D eigenvalue weighted by Gasteiger charge is -2.30. The molecule has 1 amide bonds. The molecule has 1 atom stereocenters. The number of hydrogen-bond acceptors (Lipinski definition) is 8. The minimum Gasteiger partial charge on any atom is -0.488 e. The third-order valence-electron chi connectivity index (χ3n) is 6.20. The van der Waals surface area contributed by atoms with Crippen LogP contribution in [0.1, 0.15) is 42.1 Å². The van der Waals surface area contributed by atoms with Crippen LogP contribution >= 0.6 is 28.1 Å². The summed E-state index contributed by atoms with van der Waals surface area (Å²) in [5.41, 5.74) is 6.13. The largest absolute Gasteiger partial charge is 0.488 e. The second kappa shape index (κ2) is 14.9. The maximum atomic E-state index is 12.7. The highest BCUT2D eigenvalue weighted by atomic mass is 79.9. The number of allylic oxidation sites excluding steroid dienone is 1. The number of benzene rings is 3. The first kappa shape index (κ1) is 31.2.